The van der Waals surface area contributed by atoms with E-state index >= 15 is 0 Å². The van der Waals surface area contributed by atoms with E-state index in [-0.39, 0.29) is 17.4 Å². The minimum absolute atomic E-state index is 0.00468. The minimum atomic E-state index is -0.0510. The number of nitrogens with two attached hydrogens (primary N) is 1. The first-order chi connectivity index (χ1) is 7.62. The van der Waals surface area contributed by atoms with Crippen LogP contribution in [0.1, 0.15) is 53.9 Å². The van der Waals surface area contributed by atoms with Crippen LogP contribution in [0.2, 0.25) is 0 Å². The Kier molecular flexibility index (Phi) is 4.23. The second-order valence-corrected chi connectivity index (χ2v) is 7.22. The zero-order valence-corrected chi connectivity index (χ0v) is 12.0. The molecule has 1 rings (SSSR count). The maximum atomic E-state index is 12.1. The predicted octanol–water partition coefficient (Wildman–Crippen LogP) is 2.40. The summed E-state index contributed by atoms with van der Waals surface area (Å²) >= 11 is 0. The van der Waals surface area contributed by atoms with Crippen molar-refractivity contribution in [3.63, 3.8) is 0 Å². The van der Waals surface area contributed by atoms with Crippen molar-refractivity contribution in [1.82, 2.24) is 4.90 Å². The lowest BCUT2D eigenvalue weighted by Crippen LogP contribution is -2.45. The molecule has 3 nitrogen and oxygen atoms in total. The first kappa shape index (κ1) is 14.5. The Labute approximate surface area is 106 Å². The summed E-state index contributed by atoms with van der Waals surface area (Å²) in [7, 11) is 0. The molecular weight excluding hydrogens is 212 g/mol. The summed E-state index contributed by atoms with van der Waals surface area (Å²) in [4.78, 5) is 14.1. The lowest BCUT2D eigenvalue weighted by molar-refractivity contribution is -0.134. The van der Waals surface area contributed by atoms with Crippen LogP contribution in [0.5, 0.6) is 0 Å². The van der Waals surface area contributed by atoms with Crippen molar-refractivity contribution in [3.8, 4) is 0 Å². The molecule has 1 fully saturated rings. The zero-order valence-electron chi connectivity index (χ0n) is 12.0. The molecular formula is C14H28N2O. The minimum Gasteiger partial charge on any atom is -0.343 e. The molecule has 0 aromatic heterocycles. The zero-order chi connectivity index (χ0) is 13.3. The van der Waals surface area contributed by atoms with Crippen LogP contribution in [0, 0.1) is 10.8 Å². The third kappa shape index (κ3) is 4.30. The Balaban J connectivity index is 2.45. The molecule has 1 saturated heterocycles. The number of carbonyl (C=O) groups is 1. The fourth-order valence-electron chi connectivity index (χ4n) is 1.98. The molecule has 0 aromatic carbocycles. The average molecular weight is 240 g/mol. The van der Waals surface area contributed by atoms with Crippen molar-refractivity contribution in [2.24, 2.45) is 16.6 Å². The van der Waals surface area contributed by atoms with Crippen molar-refractivity contribution in [3.05, 3.63) is 0 Å². The van der Waals surface area contributed by atoms with Crippen molar-refractivity contribution < 1.29 is 4.79 Å². The van der Waals surface area contributed by atoms with Gasteiger partial charge in [-0.1, -0.05) is 34.6 Å². The maximum absolute atomic E-state index is 12.1. The Morgan fingerprint density at radius 3 is 2.18 bits per heavy atom. The first-order valence-electron chi connectivity index (χ1n) is 6.65. The second kappa shape index (κ2) is 4.97. The molecule has 0 spiro atoms. The number of rotatable bonds is 2. The quantitative estimate of drug-likeness (QED) is 0.805. The fraction of sp³-hybridized carbons (Fsp3) is 0.929. The summed E-state index contributed by atoms with van der Waals surface area (Å²) in [5.41, 5.74) is 6.46. The molecule has 0 radical (unpaired) electrons. The van der Waals surface area contributed by atoms with Gasteiger partial charge in [-0.2, -0.15) is 0 Å². The highest BCUT2D eigenvalue weighted by Gasteiger charge is 2.30. The van der Waals surface area contributed by atoms with Crippen molar-refractivity contribution in [2.45, 2.75) is 59.9 Å². The van der Waals surface area contributed by atoms with Crippen LogP contribution in [0.25, 0.3) is 0 Å². The van der Waals surface area contributed by atoms with Crippen molar-refractivity contribution in [1.29, 1.82) is 0 Å². The molecule has 17 heavy (non-hydrogen) atoms. The molecule has 0 aliphatic carbocycles. The molecule has 1 aliphatic rings. The summed E-state index contributed by atoms with van der Waals surface area (Å²) in [6, 6.07) is -0.0510. The second-order valence-electron chi connectivity index (χ2n) is 7.22. The molecule has 100 valence electrons. The summed E-state index contributed by atoms with van der Waals surface area (Å²) in [6.07, 6.45) is 2.68. The van der Waals surface area contributed by atoms with Gasteiger partial charge < -0.3 is 10.6 Å². The van der Waals surface area contributed by atoms with Gasteiger partial charge in [-0.15, -0.1) is 0 Å². The van der Waals surface area contributed by atoms with E-state index in [1.807, 2.05) is 4.90 Å². The topological polar surface area (TPSA) is 46.3 Å². The van der Waals surface area contributed by atoms with Gasteiger partial charge in [-0.05, 0) is 23.7 Å². The lowest BCUT2D eigenvalue weighted by Gasteiger charge is -2.38. The lowest BCUT2D eigenvalue weighted by atomic mass is 9.82. The van der Waals surface area contributed by atoms with E-state index < -0.39 is 0 Å². The molecule has 0 bridgehead atoms. The molecule has 1 amide bonds. The monoisotopic (exact) mass is 240 g/mol. The van der Waals surface area contributed by atoms with Gasteiger partial charge in [-0.3, -0.25) is 4.79 Å². The number of amides is 1. The first-order valence-corrected chi connectivity index (χ1v) is 6.65. The molecule has 2 N–H and O–H groups in total. The van der Waals surface area contributed by atoms with Crippen molar-refractivity contribution in [2.75, 3.05) is 13.1 Å². The number of hydrogen-bond acceptors (Lipinski definition) is 2. The SMILES string of the molecule is CC1(C)CCN(C(=O)CC(N)C(C)(C)C)CC1. The molecule has 1 heterocycles. The van der Waals surface area contributed by atoms with Crippen LogP contribution in [0.15, 0.2) is 0 Å². The van der Waals surface area contributed by atoms with Crippen LogP contribution < -0.4 is 5.73 Å². The maximum Gasteiger partial charge on any atom is 0.224 e. The summed E-state index contributed by atoms with van der Waals surface area (Å²) in [5, 5.41) is 0. The average Bonchev–Trinajstić information content (AvgIpc) is 2.15. The Bertz CT molecular complexity index is 268. The highest BCUT2D eigenvalue weighted by Crippen LogP contribution is 2.30. The normalized spacial score (nSPS) is 22.4. The highest BCUT2D eigenvalue weighted by molar-refractivity contribution is 5.77. The van der Waals surface area contributed by atoms with E-state index in [4.69, 9.17) is 5.73 Å². The van der Waals surface area contributed by atoms with Gasteiger partial charge in [0, 0.05) is 25.6 Å². The van der Waals surface area contributed by atoms with Gasteiger partial charge in [0.15, 0.2) is 0 Å². The van der Waals surface area contributed by atoms with Gasteiger partial charge >= 0.3 is 0 Å². The fourth-order valence-corrected chi connectivity index (χ4v) is 1.98. The summed E-state index contributed by atoms with van der Waals surface area (Å²) in [6.45, 7) is 12.6. The summed E-state index contributed by atoms with van der Waals surface area (Å²) in [5.74, 6) is 0.225. The van der Waals surface area contributed by atoms with Gasteiger partial charge in [0.05, 0.1) is 0 Å². The largest absolute Gasteiger partial charge is 0.343 e. The van der Waals surface area contributed by atoms with Crippen LogP contribution in [-0.2, 0) is 4.79 Å². The number of hydrogen-bond donors (Lipinski definition) is 1. The third-order valence-electron chi connectivity index (χ3n) is 3.98. The van der Waals surface area contributed by atoms with Gasteiger partial charge in [-0.25, -0.2) is 0 Å². The number of carbonyl (C=O) groups excluding carboxylic acids is 1. The smallest absolute Gasteiger partial charge is 0.224 e. The highest BCUT2D eigenvalue weighted by atomic mass is 16.2. The molecule has 0 saturated carbocycles. The van der Waals surface area contributed by atoms with Gasteiger partial charge in [0.1, 0.15) is 0 Å². The van der Waals surface area contributed by atoms with Crippen LogP contribution in [-0.4, -0.2) is 29.9 Å². The van der Waals surface area contributed by atoms with E-state index in [1.165, 1.54) is 0 Å². The molecule has 1 unspecified atom stereocenters. The third-order valence-corrected chi connectivity index (χ3v) is 3.98. The molecule has 3 heteroatoms. The predicted molar refractivity (Wildman–Crippen MR) is 71.6 cm³/mol. The van der Waals surface area contributed by atoms with E-state index in [0.29, 0.717) is 11.8 Å². The molecule has 0 aromatic rings. The van der Waals surface area contributed by atoms with E-state index in [0.717, 1.165) is 25.9 Å². The number of nitrogens with zero attached hydrogens (tertiary/aromatic N) is 1. The molecule has 1 aliphatic heterocycles. The Hall–Kier alpha value is -0.570. The van der Waals surface area contributed by atoms with Crippen molar-refractivity contribution >= 4 is 5.91 Å². The van der Waals surface area contributed by atoms with Crippen LogP contribution in [0.4, 0.5) is 0 Å². The van der Waals surface area contributed by atoms with Crippen LogP contribution in [0.3, 0.4) is 0 Å². The number of piperidine rings is 1. The van der Waals surface area contributed by atoms with E-state index in [2.05, 4.69) is 34.6 Å². The van der Waals surface area contributed by atoms with Crippen LogP contribution >= 0.6 is 0 Å². The molecule has 1 atom stereocenters. The van der Waals surface area contributed by atoms with Gasteiger partial charge in [0.2, 0.25) is 5.91 Å². The summed E-state index contributed by atoms with van der Waals surface area (Å²) < 4.78 is 0. The number of likely N-dealkylation sites (tertiary alicyclic amines) is 1. The Morgan fingerprint density at radius 2 is 1.76 bits per heavy atom. The Morgan fingerprint density at radius 1 is 1.29 bits per heavy atom. The van der Waals surface area contributed by atoms with E-state index in [9.17, 15) is 4.79 Å². The standard InChI is InChI=1S/C14H28N2O/c1-13(2,3)11(15)10-12(17)16-8-6-14(4,5)7-9-16/h11H,6-10,15H2,1-5H3. The van der Waals surface area contributed by atoms with E-state index in [1.54, 1.807) is 0 Å². The van der Waals surface area contributed by atoms with Gasteiger partial charge in [0.25, 0.3) is 0 Å².